The Balaban J connectivity index is 1.01. The van der Waals surface area contributed by atoms with Crippen molar-refractivity contribution in [1.82, 2.24) is 20.0 Å². The van der Waals surface area contributed by atoms with Crippen molar-refractivity contribution in [2.45, 2.75) is 58.0 Å². The van der Waals surface area contributed by atoms with E-state index in [2.05, 4.69) is 44.3 Å². The van der Waals surface area contributed by atoms with Crippen LogP contribution < -0.4 is 5.32 Å². The average Bonchev–Trinajstić information content (AvgIpc) is 3.71. The molecular formula is C33H44N4O2. The molecule has 6 nitrogen and oxygen atoms in total. The highest BCUT2D eigenvalue weighted by molar-refractivity contribution is 5.97. The topological polar surface area (TPSA) is 55.9 Å². The number of benzene rings is 2. The maximum absolute atomic E-state index is 13.3. The zero-order valence-electron chi connectivity index (χ0n) is 23.6. The number of hydrogen-bond donors (Lipinski definition) is 1. The summed E-state index contributed by atoms with van der Waals surface area (Å²) in [6.45, 7) is 10.9. The number of carbonyl (C=O) groups is 2. The molecular weight excluding hydrogens is 484 g/mol. The number of nitrogens with zero attached hydrogens (tertiary/aromatic N) is 3. The molecule has 1 aliphatic carbocycles. The van der Waals surface area contributed by atoms with Crippen LogP contribution in [0.25, 0.3) is 0 Å². The number of rotatable bonds is 9. The molecule has 2 amide bonds. The molecule has 4 unspecified atom stereocenters. The lowest BCUT2D eigenvalue weighted by atomic mass is 10.0. The van der Waals surface area contributed by atoms with Gasteiger partial charge in [-0.1, -0.05) is 48.5 Å². The Morgan fingerprint density at radius 1 is 0.872 bits per heavy atom. The molecule has 39 heavy (non-hydrogen) atoms. The van der Waals surface area contributed by atoms with Gasteiger partial charge >= 0.3 is 0 Å². The van der Waals surface area contributed by atoms with Crippen molar-refractivity contribution in [3.8, 4) is 0 Å². The normalized spacial score (nSPS) is 27.2. The molecule has 4 aliphatic rings. The Bertz CT molecular complexity index is 1150. The lowest BCUT2D eigenvalue weighted by Gasteiger charge is -2.27. The Labute approximate surface area is 233 Å². The molecule has 6 heteroatoms. The molecule has 0 radical (unpaired) electrons. The van der Waals surface area contributed by atoms with Gasteiger partial charge in [0.2, 0.25) is 5.91 Å². The maximum Gasteiger partial charge on any atom is 0.254 e. The van der Waals surface area contributed by atoms with E-state index < -0.39 is 0 Å². The van der Waals surface area contributed by atoms with Crippen LogP contribution in [0.5, 0.6) is 0 Å². The van der Waals surface area contributed by atoms with Crippen molar-refractivity contribution in [2.75, 3.05) is 45.8 Å². The molecule has 5 atom stereocenters. The number of nitrogens with one attached hydrogen (secondary N) is 1. The molecule has 3 aliphatic heterocycles. The van der Waals surface area contributed by atoms with Crippen LogP contribution in [0.1, 0.15) is 65.2 Å². The first-order valence-corrected chi connectivity index (χ1v) is 15.1. The summed E-state index contributed by atoms with van der Waals surface area (Å²) in [6, 6.07) is 17.3. The largest absolute Gasteiger partial charge is 0.349 e. The number of piperidine rings is 1. The van der Waals surface area contributed by atoms with Gasteiger partial charge in [0, 0.05) is 63.8 Å². The lowest BCUT2D eigenvalue weighted by Crippen LogP contribution is -2.38. The van der Waals surface area contributed by atoms with E-state index in [1.807, 2.05) is 38.1 Å². The lowest BCUT2D eigenvalue weighted by molar-refractivity contribution is -0.122. The van der Waals surface area contributed by atoms with Crippen molar-refractivity contribution in [3.63, 3.8) is 0 Å². The number of fused-ring (bicyclic) bond motifs is 3. The van der Waals surface area contributed by atoms with Gasteiger partial charge in [0.05, 0.1) is 6.04 Å². The van der Waals surface area contributed by atoms with Gasteiger partial charge in [-0.25, -0.2) is 0 Å². The molecule has 0 spiro atoms. The van der Waals surface area contributed by atoms with Crippen LogP contribution in [-0.2, 0) is 4.79 Å². The number of amides is 2. The van der Waals surface area contributed by atoms with Crippen LogP contribution in [0.4, 0.5) is 0 Å². The fraction of sp³-hybridized carbons (Fsp3) is 0.576. The molecule has 1 saturated carbocycles. The van der Waals surface area contributed by atoms with Gasteiger partial charge in [0.25, 0.3) is 5.91 Å². The zero-order chi connectivity index (χ0) is 26.9. The summed E-state index contributed by atoms with van der Waals surface area (Å²) in [5.41, 5.74) is 4.21. The third-order valence-electron chi connectivity index (χ3n) is 9.96. The summed E-state index contributed by atoms with van der Waals surface area (Å²) in [5, 5.41) is 3.38. The van der Waals surface area contributed by atoms with Crippen molar-refractivity contribution < 1.29 is 9.59 Å². The minimum Gasteiger partial charge on any atom is -0.349 e. The predicted molar refractivity (Wildman–Crippen MR) is 155 cm³/mol. The summed E-state index contributed by atoms with van der Waals surface area (Å²) >= 11 is 0. The molecule has 2 aromatic rings. The van der Waals surface area contributed by atoms with Gasteiger partial charge in [-0.2, -0.15) is 0 Å². The molecule has 2 aromatic carbocycles. The second kappa shape index (κ2) is 11.4. The van der Waals surface area contributed by atoms with Crippen molar-refractivity contribution in [1.29, 1.82) is 0 Å². The Kier molecular flexibility index (Phi) is 7.77. The highest BCUT2D eigenvalue weighted by atomic mass is 16.2. The maximum atomic E-state index is 13.3. The molecule has 3 heterocycles. The Morgan fingerprint density at radius 3 is 2.23 bits per heavy atom. The van der Waals surface area contributed by atoms with E-state index >= 15 is 0 Å². The van der Waals surface area contributed by atoms with E-state index in [9.17, 15) is 9.59 Å². The van der Waals surface area contributed by atoms with E-state index in [1.165, 1.54) is 31.4 Å². The third kappa shape index (κ3) is 5.78. The van der Waals surface area contributed by atoms with Gasteiger partial charge in [-0.15, -0.1) is 0 Å². The summed E-state index contributed by atoms with van der Waals surface area (Å²) < 4.78 is 0. The highest BCUT2D eigenvalue weighted by Gasteiger charge is 2.42. The van der Waals surface area contributed by atoms with Crippen LogP contribution in [0.15, 0.2) is 48.5 Å². The van der Waals surface area contributed by atoms with Gasteiger partial charge < -0.3 is 15.1 Å². The molecule has 0 aromatic heterocycles. The minimum atomic E-state index is 0.0382. The number of likely N-dealkylation sites (tertiary alicyclic amines) is 3. The molecule has 1 N–H and O–H groups in total. The first kappa shape index (κ1) is 26.5. The Hall–Kier alpha value is -2.70. The summed E-state index contributed by atoms with van der Waals surface area (Å²) in [4.78, 5) is 33.5. The second-order valence-corrected chi connectivity index (χ2v) is 12.7. The Morgan fingerprint density at radius 2 is 1.59 bits per heavy atom. The SMILES string of the molecule is Cc1cccc(C)c1C(=O)N1CC2CN(CC[C@H](NC(=O)CCN3CC4CCC3C4)c3ccccc3)CC2C1. The average molecular weight is 529 g/mol. The summed E-state index contributed by atoms with van der Waals surface area (Å²) in [6.07, 6.45) is 5.53. The fourth-order valence-corrected chi connectivity index (χ4v) is 7.88. The van der Waals surface area contributed by atoms with E-state index in [0.717, 1.165) is 68.3 Å². The van der Waals surface area contributed by atoms with Crippen molar-refractivity contribution >= 4 is 11.8 Å². The highest BCUT2D eigenvalue weighted by Crippen LogP contribution is 2.37. The minimum absolute atomic E-state index is 0.0382. The quantitative estimate of drug-likeness (QED) is 0.523. The van der Waals surface area contributed by atoms with Crippen LogP contribution in [0.3, 0.4) is 0 Å². The summed E-state index contributed by atoms with van der Waals surface area (Å²) in [7, 11) is 0. The molecule has 2 bridgehead atoms. The molecule has 4 fully saturated rings. The first-order chi connectivity index (χ1) is 18.9. The number of aryl methyl sites for hydroxylation is 2. The monoisotopic (exact) mass is 528 g/mol. The smallest absolute Gasteiger partial charge is 0.254 e. The predicted octanol–water partition coefficient (Wildman–Crippen LogP) is 4.43. The third-order valence-corrected chi connectivity index (χ3v) is 9.96. The van der Waals surface area contributed by atoms with Crippen molar-refractivity contribution in [2.24, 2.45) is 17.8 Å². The van der Waals surface area contributed by atoms with Crippen LogP contribution in [0, 0.1) is 31.6 Å². The first-order valence-electron chi connectivity index (χ1n) is 15.1. The van der Waals surface area contributed by atoms with Crippen LogP contribution in [-0.4, -0.2) is 78.4 Å². The van der Waals surface area contributed by atoms with E-state index in [0.29, 0.717) is 24.3 Å². The van der Waals surface area contributed by atoms with Gasteiger partial charge in [-0.3, -0.25) is 14.5 Å². The van der Waals surface area contributed by atoms with E-state index in [4.69, 9.17) is 0 Å². The molecule has 3 saturated heterocycles. The van der Waals surface area contributed by atoms with Crippen LogP contribution in [0.2, 0.25) is 0 Å². The second-order valence-electron chi connectivity index (χ2n) is 12.7. The van der Waals surface area contributed by atoms with Gasteiger partial charge in [0.15, 0.2) is 0 Å². The number of hydrogen-bond acceptors (Lipinski definition) is 4. The van der Waals surface area contributed by atoms with E-state index in [-0.39, 0.29) is 17.9 Å². The zero-order valence-corrected chi connectivity index (χ0v) is 23.6. The fourth-order valence-electron chi connectivity index (χ4n) is 7.88. The van der Waals surface area contributed by atoms with Gasteiger partial charge in [-0.05, 0) is 74.0 Å². The number of carbonyl (C=O) groups excluding carboxylic acids is 2. The van der Waals surface area contributed by atoms with Gasteiger partial charge in [0.1, 0.15) is 0 Å². The van der Waals surface area contributed by atoms with E-state index in [1.54, 1.807) is 0 Å². The molecule has 6 rings (SSSR count). The van der Waals surface area contributed by atoms with Crippen molar-refractivity contribution in [3.05, 3.63) is 70.8 Å². The summed E-state index contributed by atoms with van der Waals surface area (Å²) in [5.74, 6) is 2.32. The standard InChI is InChI=1S/C33H44N4O2/c1-23-7-6-8-24(2)32(23)33(39)37-21-27-19-35(20-28(27)22-37)15-13-30(26-9-4-3-5-10-26)34-31(38)14-16-36-18-25-11-12-29(36)17-25/h3-10,25,27-30H,11-22H2,1-2H3,(H,34,38)/t25?,27?,28?,29?,30-/m0/s1. The molecule has 208 valence electrons. The van der Waals surface area contributed by atoms with Crippen LogP contribution >= 0.6 is 0 Å².